The molecule has 1 amide bonds. The lowest BCUT2D eigenvalue weighted by Gasteiger charge is -2.22. The number of benzene rings is 2. The van der Waals surface area contributed by atoms with Crippen molar-refractivity contribution in [3.63, 3.8) is 0 Å². The Morgan fingerprint density at radius 2 is 1.87 bits per heavy atom. The Kier molecular flexibility index (Phi) is 13.6. The molecule has 7 nitrogen and oxygen atoms in total. The van der Waals surface area contributed by atoms with Crippen LogP contribution in [0.2, 0.25) is 0 Å². The molecule has 0 radical (unpaired) electrons. The number of furan rings is 1. The molecule has 2 aromatic carbocycles. The van der Waals surface area contributed by atoms with Crippen molar-refractivity contribution in [3.05, 3.63) is 123 Å². The summed E-state index contributed by atoms with van der Waals surface area (Å²) in [5, 5.41) is 23.4. The third-order valence-electron chi connectivity index (χ3n) is 8.76. The molecule has 1 saturated heterocycles. The van der Waals surface area contributed by atoms with Gasteiger partial charge in [0.2, 0.25) is 0 Å². The lowest BCUT2D eigenvalue weighted by atomic mass is 9.98. The largest absolute Gasteiger partial charge is 0.460 e. The van der Waals surface area contributed by atoms with E-state index in [0.29, 0.717) is 53.3 Å². The zero-order valence-electron chi connectivity index (χ0n) is 28.2. The molecule has 2 heterocycles. The summed E-state index contributed by atoms with van der Waals surface area (Å²) in [5.41, 5.74) is 5.26. The van der Waals surface area contributed by atoms with Gasteiger partial charge in [0.25, 0.3) is 5.91 Å². The summed E-state index contributed by atoms with van der Waals surface area (Å²) in [6, 6.07) is 22.0. The fraction of sp³-hybridized carbons (Fsp3) is 0.385. The third kappa shape index (κ3) is 10.8. The number of nitriles is 1. The summed E-state index contributed by atoms with van der Waals surface area (Å²) in [6.45, 7) is 14.3. The number of nitrogens with zero attached hydrogens (tertiary/aromatic N) is 1. The Morgan fingerprint density at radius 1 is 1.13 bits per heavy atom. The number of carbonyl (C=O) groups excluding carboxylic acids is 1. The van der Waals surface area contributed by atoms with E-state index in [1.807, 2.05) is 56.3 Å². The summed E-state index contributed by atoms with van der Waals surface area (Å²) in [6.07, 6.45) is 5.94. The Hall–Kier alpha value is -3.93. The number of carbonyl (C=O) groups is 1. The lowest BCUT2D eigenvalue weighted by Crippen LogP contribution is -2.45. The van der Waals surface area contributed by atoms with Crippen LogP contribution in [0.15, 0.2) is 93.9 Å². The topological polar surface area (TPSA) is 102 Å². The van der Waals surface area contributed by atoms with E-state index >= 15 is 0 Å². The second kappa shape index (κ2) is 17.8. The minimum atomic E-state index is -0.260. The minimum absolute atomic E-state index is 0.170. The maximum absolute atomic E-state index is 13.9. The molecule has 4 atom stereocenters. The van der Waals surface area contributed by atoms with Gasteiger partial charge in [-0.3, -0.25) is 4.79 Å². The van der Waals surface area contributed by atoms with Gasteiger partial charge in [-0.2, -0.15) is 5.26 Å². The van der Waals surface area contributed by atoms with Crippen molar-refractivity contribution in [1.82, 2.24) is 21.3 Å². The van der Waals surface area contributed by atoms with Gasteiger partial charge in [-0.1, -0.05) is 66.6 Å². The molecule has 1 aliphatic rings. The number of hydrogen-bond donors (Lipinski definition) is 4. The van der Waals surface area contributed by atoms with Gasteiger partial charge >= 0.3 is 0 Å². The van der Waals surface area contributed by atoms with E-state index < -0.39 is 0 Å². The van der Waals surface area contributed by atoms with Gasteiger partial charge in [0.1, 0.15) is 11.5 Å². The summed E-state index contributed by atoms with van der Waals surface area (Å²) in [4.78, 5) is 13.9. The molecule has 2 unspecified atom stereocenters. The predicted molar refractivity (Wildman–Crippen MR) is 192 cm³/mol. The van der Waals surface area contributed by atoms with Crippen LogP contribution in [0.25, 0.3) is 5.57 Å². The van der Waals surface area contributed by atoms with Gasteiger partial charge in [-0.25, -0.2) is 0 Å². The van der Waals surface area contributed by atoms with E-state index in [-0.39, 0.29) is 18.0 Å². The highest BCUT2D eigenvalue weighted by Crippen LogP contribution is 2.24. The van der Waals surface area contributed by atoms with Crippen molar-refractivity contribution in [2.24, 2.45) is 11.8 Å². The first-order valence-electron chi connectivity index (χ1n) is 16.5. The van der Waals surface area contributed by atoms with Crippen molar-refractivity contribution in [3.8, 4) is 6.07 Å². The maximum atomic E-state index is 13.9. The summed E-state index contributed by atoms with van der Waals surface area (Å²) < 4.78 is 6.18. The highest BCUT2D eigenvalue weighted by atomic mass is 35.5. The van der Waals surface area contributed by atoms with Gasteiger partial charge in [0.05, 0.1) is 28.8 Å². The van der Waals surface area contributed by atoms with E-state index in [2.05, 4.69) is 72.4 Å². The van der Waals surface area contributed by atoms with Crippen LogP contribution >= 0.6 is 11.6 Å². The van der Waals surface area contributed by atoms with Gasteiger partial charge in [-0.15, -0.1) is 0 Å². The number of hydrogen-bond acceptors (Lipinski definition) is 6. The van der Waals surface area contributed by atoms with Crippen molar-refractivity contribution in [2.45, 2.75) is 59.7 Å². The molecule has 248 valence electrons. The highest BCUT2D eigenvalue weighted by Gasteiger charge is 2.24. The number of amides is 1. The molecule has 1 aliphatic heterocycles. The van der Waals surface area contributed by atoms with Crippen molar-refractivity contribution in [2.75, 3.05) is 26.2 Å². The van der Waals surface area contributed by atoms with Crippen LogP contribution in [0.4, 0.5) is 0 Å². The SMILES string of the molecule is C\C=C/C(Cl)=C(\C=C(/C)c1ccc(CNC(C)c2ccc(C)cc2)o1)C(=O)N[C@@H](CNC[C@H]1CNCC1C)Cc1ccc(C#N)cc1. The molecular weight excluding hydrogens is 606 g/mol. The fourth-order valence-electron chi connectivity index (χ4n) is 5.70. The molecule has 1 fully saturated rings. The summed E-state index contributed by atoms with van der Waals surface area (Å²) >= 11 is 6.71. The molecule has 4 rings (SSSR count). The minimum Gasteiger partial charge on any atom is -0.460 e. The molecular formula is C39H48ClN5O2. The Bertz CT molecular complexity index is 1600. The van der Waals surface area contributed by atoms with Crippen LogP contribution < -0.4 is 21.3 Å². The van der Waals surface area contributed by atoms with Crippen LogP contribution in [0, 0.1) is 30.1 Å². The number of allylic oxidation sites excluding steroid dienone is 4. The molecule has 0 aliphatic carbocycles. The van der Waals surface area contributed by atoms with Crippen molar-refractivity contribution in [1.29, 1.82) is 5.26 Å². The number of rotatable bonds is 15. The molecule has 0 spiro atoms. The maximum Gasteiger partial charge on any atom is 0.253 e. The monoisotopic (exact) mass is 653 g/mol. The first-order valence-corrected chi connectivity index (χ1v) is 16.9. The second-order valence-corrected chi connectivity index (χ2v) is 13.0. The van der Waals surface area contributed by atoms with Crippen LogP contribution in [0.3, 0.4) is 0 Å². The van der Waals surface area contributed by atoms with Gasteiger partial charge in [0.15, 0.2) is 0 Å². The first-order chi connectivity index (χ1) is 22.7. The molecule has 1 aromatic heterocycles. The Balaban J connectivity index is 1.47. The van der Waals surface area contributed by atoms with E-state index in [9.17, 15) is 10.1 Å². The lowest BCUT2D eigenvalue weighted by molar-refractivity contribution is -0.117. The van der Waals surface area contributed by atoms with Crippen LogP contribution in [0.1, 0.15) is 67.5 Å². The zero-order chi connectivity index (χ0) is 33.8. The summed E-state index contributed by atoms with van der Waals surface area (Å²) in [7, 11) is 0. The molecule has 0 saturated carbocycles. The zero-order valence-corrected chi connectivity index (χ0v) is 29.0. The number of halogens is 1. The molecule has 0 bridgehead atoms. The average molecular weight is 654 g/mol. The number of nitrogens with one attached hydrogen (secondary N) is 4. The molecule has 4 N–H and O–H groups in total. The smallest absolute Gasteiger partial charge is 0.253 e. The van der Waals surface area contributed by atoms with E-state index in [1.165, 1.54) is 11.1 Å². The van der Waals surface area contributed by atoms with E-state index in [1.54, 1.807) is 12.2 Å². The van der Waals surface area contributed by atoms with Crippen molar-refractivity contribution >= 4 is 23.1 Å². The van der Waals surface area contributed by atoms with Crippen molar-refractivity contribution < 1.29 is 9.21 Å². The quantitative estimate of drug-likeness (QED) is 0.105. The Labute approximate surface area is 285 Å². The van der Waals surface area contributed by atoms with Crippen LogP contribution in [-0.4, -0.2) is 38.1 Å². The third-order valence-corrected chi connectivity index (χ3v) is 9.09. The van der Waals surface area contributed by atoms with E-state index in [0.717, 1.165) is 36.5 Å². The highest BCUT2D eigenvalue weighted by molar-refractivity contribution is 6.34. The van der Waals surface area contributed by atoms with Gasteiger partial charge < -0.3 is 25.7 Å². The molecule has 3 aromatic rings. The first kappa shape index (κ1) is 35.9. The van der Waals surface area contributed by atoms with Gasteiger partial charge in [-0.05, 0) is 119 Å². The second-order valence-electron chi connectivity index (χ2n) is 12.6. The van der Waals surface area contributed by atoms with E-state index in [4.69, 9.17) is 16.0 Å². The average Bonchev–Trinajstić information content (AvgIpc) is 3.72. The molecule has 47 heavy (non-hydrogen) atoms. The van der Waals surface area contributed by atoms with Crippen LogP contribution in [-0.2, 0) is 17.8 Å². The fourth-order valence-corrected chi connectivity index (χ4v) is 5.96. The van der Waals surface area contributed by atoms with Gasteiger partial charge in [0, 0.05) is 18.6 Å². The normalized spacial score (nSPS) is 18.5. The Morgan fingerprint density at radius 3 is 2.53 bits per heavy atom. The predicted octanol–water partition coefficient (Wildman–Crippen LogP) is 6.96. The standard InChI is InChI=1S/C39H48ClN5O2/c1-6-7-37(40)36(18-27(3)38-17-16-35(47-38)25-44-29(5)32-14-8-26(2)9-15-32)39(46)45-34(19-30-10-12-31(20-41)13-11-30)24-43-23-33-22-42-21-28(33)4/h6-18,28-29,33-34,42-44H,19,21-25H2,1-5H3,(H,45,46)/b7-6-,27-18+,37-36-/t28?,29?,33-,34-/m1/s1. The van der Waals surface area contributed by atoms with Crippen LogP contribution in [0.5, 0.6) is 0 Å². The number of aryl methyl sites for hydroxylation is 1. The summed E-state index contributed by atoms with van der Waals surface area (Å²) in [5.74, 6) is 2.37. The molecule has 8 heteroatoms.